The van der Waals surface area contributed by atoms with Gasteiger partial charge in [0.15, 0.2) is 0 Å². The Morgan fingerprint density at radius 1 is 1.00 bits per heavy atom. The molecule has 2 aromatic carbocycles. The Morgan fingerprint density at radius 2 is 1.80 bits per heavy atom. The molecule has 4 nitrogen and oxygen atoms in total. The van der Waals surface area contributed by atoms with Crippen molar-refractivity contribution in [1.82, 2.24) is 15.1 Å². The highest BCUT2D eigenvalue weighted by molar-refractivity contribution is 6.42. The molecule has 1 saturated heterocycles. The first kappa shape index (κ1) is 18.1. The number of carbonyl (C=O) groups excluding carboxylic acids is 1. The number of nitrogens with zero attached hydrogens (tertiary/aromatic N) is 2. The van der Waals surface area contributed by atoms with Crippen LogP contribution < -0.4 is 5.32 Å². The molecule has 0 unspecified atom stereocenters. The molecule has 1 aliphatic rings. The Kier molecular flexibility index (Phi) is 6.19. The Bertz CT molecular complexity index is 724. The fourth-order valence-corrected chi connectivity index (χ4v) is 3.26. The van der Waals surface area contributed by atoms with E-state index in [4.69, 9.17) is 23.2 Å². The van der Waals surface area contributed by atoms with E-state index in [0.29, 0.717) is 23.3 Å². The Hall–Kier alpha value is -1.75. The summed E-state index contributed by atoms with van der Waals surface area (Å²) >= 11 is 11.9. The molecule has 25 heavy (non-hydrogen) atoms. The van der Waals surface area contributed by atoms with Crippen molar-refractivity contribution in [1.29, 1.82) is 0 Å². The van der Waals surface area contributed by atoms with Crippen LogP contribution in [0.4, 0.5) is 4.79 Å². The van der Waals surface area contributed by atoms with Gasteiger partial charge in [-0.25, -0.2) is 4.79 Å². The second-order valence-electron chi connectivity index (χ2n) is 6.20. The van der Waals surface area contributed by atoms with Crippen LogP contribution in [0.15, 0.2) is 48.5 Å². The number of benzene rings is 2. The van der Waals surface area contributed by atoms with Crippen LogP contribution in [0, 0.1) is 0 Å². The van der Waals surface area contributed by atoms with Gasteiger partial charge in [-0.05, 0) is 29.7 Å². The van der Waals surface area contributed by atoms with Crippen molar-refractivity contribution in [3.63, 3.8) is 0 Å². The van der Waals surface area contributed by atoms with E-state index in [1.807, 2.05) is 29.2 Å². The molecule has 0 atom stereocenters. The lowest BCUT2D eigenvalue weighted by Gasteiger charge is -2.35. The van der Waals surface area contributed by atoms with Gasteiger partial charge < -0.3 is 10.2 Å². The number of halogens is 2. The molecule has 1 aliphatic heterocycles. The molecule has 0 aromatic heterocycles. The van der Waals surface area contributed by atoms with E-state index in [-0.39, 0.29) is 6.03 Å². The summed E-state index contributed by atoms with van der Waals surface area (Å²) in [5.74, 6) is 0. The maximum Gasteiger partial charge on any atom is 0.318 e. The molecule has 0 radical (unpaired) electrons. The fourth-order valence-electron chi connectivity index (χ4n) is 2.94. The van der Waals surface area contributed by atoms with Gasteiger partial charge in [0.1, 0.15) is 0 Å². The molecule has 6 heteroatoms. The van der Waals surface area contributed by atoms with E-state index in [2.05, 4.69) is 22.3 Å². The third kappa shape index (κ3) is 5.11. The number of hydrogen-bond donors (Lipinski definition) is 1. The molecule has 0 aliphatic carbocycles. The van der Waals surface area contributed by atoms with Crippen LogP contribution in [-0.2, 0) is 13.1 Å². The smallest absolute Gasteiger partial charge is 0.318 e. The highest BCUT2D eigenvalue weighted by atomic mass is 35.5. The third-order valence-electron chi connectivity index (χ3n) is 4.24. The number of carbonyl (C=O) groups is 1. The van der Waals surface area contributed by atoms with Crippen LogP contribution >= 0.6 is 23.2 Å². The topological polar surface area (TPSA) is 35.6 Å². The molecular weight excluding hydrogens is 357 g/mol. The van der Waals surface area contributed by atoms with Crippen molar-refractivity contribution >= 4 is 29.2 Å². The average molecular weight is 378 g/mol. The number of amides is 2. The van der Waals surface area contributed by atoms with Gasteiger partial charge in [-0.3, -0.25) is 4.90 Å². The number of hydrogen-bond acceptors (Lipinski definition) is 2. The normalized spacial score (nSPS) is 15.2. The van der Waals surface area contributed by atoms with E-state index in [0.717, 1.165) is 31.6 Å². The molecule has 0 saturated carbocycles. The Labute approximate surface area is 158 Å². The molecule has 3 rings (SSSR count). The predicted octanol–water partition coefficient (Wildman–Crippen LogP) is 4.37. The van der Waals surface area contributed by atoms with Crippen molar-refractivity contribution in [2.45, 2.75) is 19.5 Å². The number of rotatable bonds is 4. The van der Waals surface area contributed by atoms with E-state index in [1.54, 1.807) is 12.1 Å². The molecule has 0 bridgehead atoms. The largest absolute Gasteiger partial charge is 0.334 e. The molecule has 1 heterocycles. The van der Waals surface area contributed by atoms with E-state index in [9.17, 15) is 4.79 Å². The van der Waals surface area contributed by atoms with E-state index >= 15 is 0 Å². The zero-order valence-corrected chi connectivity index (χ0v) is 15.4. The lowest BCUT2D eigenvalue weighted by Crippen LogP contribution is -2.50. The Balaban J connectivity index is 1.52. The van der Waals surface area contributed by atoms with Gasteiger partial charge in [0, 0.05) is 26.2 Å². The van der Waals surface area contributed by atoms with Crippen molar-refractivity contribution < 1.29 is 4.79 Å². The first-order valence-electron chi connectivity index (χ1n) is 8.35. The second kappa shape index (κ2) is 8.56. The van der Waals surface area contributed by atoms with Crippen LogP contribution in [0.5, 0.6) is 0 Å². The minimum Gasteiger partial charge on any atom is -0.334 e. The summed E-state index contributed by atoms with van der Waals surface area (Å²) in [6, 6.07) is 15.7. The van der Waals surface area contributed by atoms with Crippen LogP contribution in [0.1, 0.15) is 17.5 Å². The molecule has 2 amide bonds. The fraction of sp³-hybridized carbons (Fsp3) is 0.316. The monoisotopic (exact) mass is 377 g/mol. The average Bonchev–Trinajstić information content (AvgIpc) is 2.63. The van der Waals surface area contributed by atoms with Gasteiger partial charge in [0.2, 0.25) is 0 Å². The van der Waals surface area contributed by atoms with Gasteiger partial charge in [0.05, 0.1) is 16.7 Å². The summed E-state index contributed by atoms with van der Waals surface area (Å²) in [5.41, 5.74) is 2.20. The number of nitrogens with one attached hydrogen (secondary N) is 1. The van der Waals surface area contributed by atoms with Gasteiger partial charge in [0.25, 0.3) is 0 Å². The van der Waals surface area contributed by atoms with E-state index in [1.165, 1.54) is 5.56 Å². The Morgan fingerprint density at radius 3 is 2.56 bits per heavy atom. The lowest BCUT2D eigenvalue weighted by atomic mass is 10.2. The molecule has 1 fully saturated rings. The van der Waals surface area contributed by atoms with E-state index < -0.39 is 0 Å². The van der Waals surface area contributed by atoms with Crippen LogP contribution in [0.25, 0.3) is 0 Å². The summed E-state index contributed by atoms with van der Waals surface area (Å²) in [5, 5.41) is 3.98. The van der Waals surface area contributed by atoms with Gasteiger partial charge in [-0.2, -0.15) is 0 Å². The highest BCUT2D eigenvalue weighted by Crippen LogP contribution is 2.22. The minimum absolute atomic E-state index is 0.0520. The highest BCUT2D eigenvalue weighted by Gasteiger charge is 2.21. The summed E-state index contributed by atoms with van der Waals surface area (Å²) in [6.45, 7) is 3.72. The molecule has 2 aromatic rings. The van der Waals surface area contributed by atoms with Crippen molar-refractivity contribution in [3.8, 4) is 0 Å². The molecule has 132 valence electrons. The minimum atomic E-state index is -0.0520. The zero-order valence-electron chi connectivity index (χ0n) is 13.9. The quantitative estimate of drug-likeness (QED) is 0.858. The predicted molar refractivity (Wildman–Crippen MR) is 102 cm³/mol. The second-order valence-corrected chi connectivity index (χ2v) is 7.02. The molecule has 1 N–H and O–H groups in total. The van der Waals surface area contributed by atoms with Crippen LogP contribution in [0.2, 0.25) is 10.0 Å². The first-order valence-corrected chi connectivity index (χ1v) is 9.10. The van der Waals surface area contributed by atoms with Crippen molar-refractivity contribution in [2.75, 3.05) is 19.8 Å². The lowest BCUT2D eigenvalue weighted by molar-refractivity contribution is 0.0982. The maximum atomic E-state index is 12.5. The summed E-state index contributed by atoms with van der Waals surface area (Å²) in [7, 11) is 0. The van der Waals surface area contributed by atoms with Crippen LogP contribution in [-0.4, -0.2) is 35.6 Å². The van der Waals surface area contributed by atoms with Gasteiger partial charge in [-0.15, -0.1) is 0 Å². The summed E-state index contributed by atoms with van der Waals surface area (Å²) in [4.78, 5) is 16.6. The summed E-state index contributed by atoms with van der Waals surface area (Å²) < 4.78 is 0. The standard InChI is InChI=1S/C19H21Cl2N3O/c20-17-8-7-16(11-18(17)21)12-22-19(25)24-10-4-9-23(14-24)13-15-5-2-1-3-6-15/h1-3,5-8,11H,4,9-10,12-14H2,(H,22,25). The van der Waals surface area contributed by atoms with Gasteiger partial charge >= 0.3 is 6.03 Å². The SMILES string of the molecule is O=C(NCc1ccc(Cl)c(Cl)c1)N1CCCN(Cc2ccccc2)C1. The number of urea groups is 1. The van der Waals surface area contributed by atoms with Crippen LogP contribution in [0.3, 0.4) is 0 Å². The zero-order chi connectivity index (χ0) is 17.6. The first-order chi connectivity index (χ1) is 12.1. The summed E-state index contributed by atoms with van der Waals surface area (Å²) in [6.07, 6.45) is 0.979. The van der Waals surface area contributed by atoms with Crippen molar-refractivity contribution in [2.24, 2.45) is 0 Å². The van der Waals surface area contributed by atoms with Crippen molar-refractivity contribution in [3.05, 3.63) is 69.7 Å². The molecule has 0 spiro atoms. The maximum absolute atomic E-state index is 12.5. The third-order valence-corrected chi connectivity index (χ3v) is 4.98. The molecular formula is C19H21Cl2N3O. The van der Waals surface area contributed by atoms with Gasteiger partial charge in [-0.1, -0.05) is 59.6 Å².